The van der Waals surface area contributed by atoms with Crippen molar-refractivity contribution in [3.8, 4) is 32.0 Å². The summed E-state index contributed by atoms with van der Waals surface area (Å²) in [6.07, 6.45) is 2.15. The molecule has 0 atom stereocenters. The van der Waals surface area contributed by atoms with Gasteiger partial charge in [0.05, 0.1) is 0 Å². The summed E-state index contributed by atoms with van der Waals surface area (Å²) in [6.45, 7) is 0. The molecular weight excluding hydrogens is 404 g/mol. The zero-order valence-corrected chi connectivity index (χ0v) is 18.5. The Morgan fingerprint density at radius 2 is 0.875 bits per heavy atom. The Labute approximate surface area is 192 Å². The maximum atomic E-state index is 2.37. The zero-order chi connectivity index (χ0) is 21.1. The molecule has 0 nitrogen and oxygen atoms in total. The average Bonchev–Trinajstić information content (AvgIpc) is 3.50. The fourth-order valence-corrected chi connectivity index (χ4v) is 7.33. The van der Waals surface area contributed by atoms with Gasteiger partial charge in [0, 0.05) is 15.2 Å². The first-order valence-electron chi connectivity index (χ1n) is 11.3. The van der Waals surface area contributed by atoms with Crippen LogP contribution in [0.5, 0.6) is 0 Å². The van der Waals surface area contributed by atoms with Crippen LogP contribution >= 0.6 is 11.3 Å². The largest absolute Gasteiger partial charge is 0.135 e. The van der Waals surface area contributed by atoms with Crippen LogP contribution in [-0.4, -0.2) is 0 Å². The Morgan fingerprint density at radius 3 is 1.34 bits per heavy atom. The van der Waals surface area contributed by atoms with E-state index < -0.39 is 0 Å². The second-order valence-corrected chi connectivity index (χ2v) is 10.00. The van der Waals surface area contributed by atoms with E-state index in [4.69, 9.17) is 0 Å². The molecule has 0 saturated carbocycles. The van der Waals surface area contributed by atoms with Gasteiger partial charge in [-0.15, -0.1) is 11.3 Å². The molecule has 2 aliphatic rings. The van der Waals surface area contributed by atoms with Gasteiger partial charge in [-0.1, -0.05) is 109 Å². The number of hydrogen-bond donors (Lipinski definition) is 0. The predicted molar refractivity (Wildman–Crippen MR) is 135 cm³/mol. The molecule has 0 amide bonds. The lowest BCUT2D eigenvalue weighted by atomic mass is 9.75. The van der Waals surface area contributed by atoms with Crippen LogP contribution in [0.1, 0.15) is 22.3 Å². The van der Waals surface area contributed by atoms with Crippen LogP contribution in [-0.2, 0) is 18.3 Å². The van der Waals surface area contributed by atoms with Gasteiger partial charge in [0.1, 0.15) is 0 Å². The smallest absolute Gasteiger partial charge is 0.0384 e. The Kier molecular flexibility index (Phi) is 3.86. The molecule has 1 heterocycles. The molecule has 0 fully saturated rings. The molecule has 0 bridgehead atoms. The molecule has 152 valence electrons. The Hall–Kier alpha value is -3.42. The molecule has 1 heteroatoms. The SMILES string of the molecule is c1ccc(-c2sc(-c3ccccc3)c3c2CC2(C3)c3ccccc3-c3ccccc32)cc1. The van der Waals surface area contributed by atoms with E-state index >= 15 is 0 Å². The van der Waals surface area contributed by atoms with Gasteiger partial charge < -0.3 is 0 Å². The molecule has 2 aliphatic carbocycles. The van der Waals surface area contributed by atoms with Crippen LogP contribution in [0.15, 0.2) is 109 Å². The lowest BCUT2D eigenvalue weighted by Gasteiger charge is -2.27. The number of thiophene rings is 1. The van der Waals surface area contributed by atoms with E-state index in [0.717, 1.165) is 12.8 Å². The minimum atomic E-state index is 0.0406. The third-order valence-electron chi connectivity index (χ3n) is 7.32. The van der Waals surface area contributed by atoms with Crippen molar-refractivity contribution in [3.63, 3.8) is 0 Å². The maximum absolute atomic E-state index is 2.37. The molecule has 0 unspecified atom stereocenters. The number of benzene rings is 4. The van der Waals surface area contributed by atoms with E-state index in [1.807, 2.05) is 11.3 Å². The normalized spacial score (nSPS) is 14.9. The van der Waals surface area contributed by atoms with Crippen LogP contribution in [0.25, 0.3) is 32.0 Å². The highest BCUT2D eigenvalue weighted by Crippen LogP contribution is 2.59. The Morgan fingerprint density at radius 1 is 0.469 bits per heavy atom. The van der Waals surface area contributed by atoms with Crippen molar-refractivity contribution in [3.05, 3.63) is 131 Å². The molecule has 5 aromatic rings. The highest BCUT2D eigenvalue weighted by Gasteiger charge is 2.49. The number of hydrogen-bond acceptors (Lipinski definition) is 1. The molecule has 1 spiro atoms. The molecule has 0 radical (unpaired) electrons. The molecule has 0 aliphatic heterocycles. The third-order valence-corrected chi connectivity index (χ3v) is 8.69. The summed E-state index contributed by atoms with van der Waals surface area (Å²) in [6, 6.07) is 40.1. The second kappa shape index (κ2) is 6.79. The van der Waals surface area contributed by atoms with Crippen LogP contribution in [0.2, 0.25) is 0 Å². The van der Waals surface area contributed by atoms with Gasteiger partial charge in [0.2, 0.25) is 0 Å². The lowest BCUT2D eigenvalue weighted by Crippen LogP contribution is -2.26. The molecular formula is C31H22S. The first-order valence-corrected chi connectivity index (χ1v) is 12.1. The summed E-state index contributed by atoms with van der Waals surface area (Å²) in [5.74, 6) is 0. The quantitative estimate of drug-likeness (QED) is 0.267. The Bertz CT molecular complexity index is 1350. The molecule has 7 rings (SSSR count). The molecule has 0 N–H and O–H groups in total. The van der Waals surface area contributed by atoms with Crippen LogP contribution in [0, 0.1) is 0 Å². The average molecular weight is 427 g/mol. The highest BCUT2D eigenvalue weighted by molar-refractivity contribution is 7.19. The topological polar surface area (TPSA) is 0 Å². The van der Waals surface area contributed by atoms with Crippen molar-refractivity contribution in [2.75, 3.05) is 0 Å². The molecule has 32 heavy (non-hydrogen) atoms. The van der Waals surface area contributed by atoms with E-state index in [-0.39, 0.29) is 5.41 Å². The minimum Gasteiger partial charge on any atom is -0.135 e. The minimum absolute atomic E-state index is 0.0406. The second-order valence-electron chi connectivity index (χ2n) is 8.98. The van der Waals surface area contributed by atoms with E-state index in [9.17, 15) is 0 Å². The predicted octanol–water partition coefficient (Wildman–Crippen LogP) is 8.15. The van der Waals surface area contributed by atoms with Gasteiger partial charge in [0.25, 0.3) is 0 Å². The van der Waals surface area contributed by atoms with Crippen molar-refractivity contribution in [2.24, 2.45) is 0 Å². The van der Waals surface area contributed by atoms with E-state index in [1.165, 1.54) is 43.1 Å². The molecule has 0 saturated heterocycles. The Balaban J connectivity index is 1.49. The van der Waals surface area contributed by atoms with E-state index in [0.29, 0.717) is 0 Å². The summed E-state index contributed by atoms with van der Waals surface area (Å²) >= 11 is 1.97. The fraction of sp³-hybridized carbons (Fsp3) is 0.0968. The fourth-order valence-electron chi connectivity index (χ4n) is 5.98. The van der Waals surface area contributed by atoms with Gasteiger partial charge in [-0.05, 0) is 57.3 Å². The monoisotopic (exact) mass is 426 g/mol. The van der Waals surface area contributed by atoms with E-state index in [2.05, 4.69) is 109 Å². The molecule has 4 aromatic carbocycles. The van der Waals surface area contributed by atoms with Gasteiger partial charge in [-0.2, -0.15) is 0 Å². The van der Waals surface area contributed by atoms with Gasteiger partial charge in [0.15, 0.2) is 0 Å². The summed E-state index contributed by atoms with van der Waals surface area (Å²) in [4.78, 5) is 2.89. The number of rotatable bonds is 2. The van der Waals surface area contributed by atoms with Crippen molar-refractivity contribution in [1.29, 1.82) is 0 Å². The zero-order valence-electron chi connectivity index (χ0n) is 17.7. The summed E-state index contributed by atoms with van der Waals surface area (Å²) < 4.78 is 0. The van der Waals surface area contributed by atoms with Gasteiger partial charge >= 0.3 is 0 Å². The van der Waals surface area contributed by atoms with Crippen molar-refractivity contribution >= 4 is 11.3 Å². The first-order chi connectivity index (χ1) is 15.9. The lowest BCUT2D eigenvalue weighted by molar-refractivity contribution is 0.564. The van der Waals surface area contributed by atoms with Crippen molar-refractivity contribution in [1.82, 2.24) is 0 Å². The first kappa shape index (κ1) is 18.2. The van der Waals surface area contributed by atoms with Crippen molar-refractivity contribution < 1.29 is 0 Å². The maximum Gasteiger partial charge on any atom is 0.0384 e. The van der Waals surface area contributed by atoms with Crippen molar-refractivity contribution in [2.45, 2.75) is 18.3 Å². The van der Waals surface area contributed by atoms with Gasteiger partial charge in [-0.25, -0.2) is 0 Å². The standard InChI is InChI=1S/C31H22S/c1-3-11-21(12-4-1)29-25-19-31(20-26(25)30(32-29)22-13-5-2-6-14-22)27-17-9-7-15-23(27)24-16-8-10-18-28(24)31/h1-18H,19-20H2. The highest BCUT2D eigenvalue weighted by atomic mass is 32.1. The molecule has 1 aromatic heterocycles. The van der Waals surface area contributed by atoms with Crippen LogP contribution in [0.3, 0.4) is 0 Å². The van der Waals surface area contributed by atoms with Gasteiger partial charge in [-0.3, -0.25) is 0 Å². The van der Waals surface area contributed by atoms with Crippen LogP contribution in [0.4, 0.5) is 0 Å². The summed E-state index contributed by atoms with van der Waals surface area (Å²) in [5, 5.41) is 0. The summed E-state index contributed by atoms with van der Waals surface area (Å²) in [5.41, 5.74) is 11.6. The van der Waals surface area contributed by atoms with Crippen LogP contribution < -0.4 is 0 Å². The number of fused-ring (bicyclic) bond motifs is 6. The third kappa shape index (κ3) is 2.43. The van der Waals surface area contributed by atoms with E-state index in [1.54, 1.807) is 11.1 Å². The summed E-state index contributed by atoms with van der Waals surface area (Å²) in [7, 11) is 0.